The van der Waals surface area contributed by atoms with Crippen molar-refractivity contribution in [2.45, 2.75) is 45.1 Å². The van der Waals surface area contributed by atoms with Crippen molar-refractivity contribution in [1.82, 2.24) is 5.32 Å². The number of nitrogens with one attached hydrogen (secondary N) is 1. The van der Waals surface area contributed by atoms with E-state index >= 15 is 0 Å². The Bertz CT molecular complexity index is 359. The zero-order valence-electron chi connectivity index (χ0n) is 10.6. The SMILES string of the molecule is c1ccc(CNCCC23CCCCC2C3)cc1. The van der Waals surface area contributed by atoms with E-state index in [1.165, 1.54) is 50.6 Å². The van der Waals surface area contributed by atoms with Crippen molar-refractivity contribution in [2.24, 2.45) is 11.3 Å². The predicted molar refractivity (Wildman–Crippen MR) is 71.8 cm³/mol. The molecule has 0 saturated heterocycles. The Balaban J connectivity index is 1.39. The van der Waals surface area contributed by atoms with Gasteiger partial charge in [0.05, 0.1) is 0 Å². The number of hydrogen-bond acceptors (Lipinski definition) is 1. The van der Waals surface area contributed by atoms with Crippen molar-refractivity contribution in [3.63, 3.8) is 0 Å². The van der Waals surface area contributed by atoms with Gasteiger partial charge in [-0.05, 0) is 49.1 Å². The molecule has 0 aliphatic heterocycles. The van der Waals surface area contributed by atoms with Crippen LogP contribution in [0.15, 0.2) is 30.3 Å². The Morgan fingerprint density at radius 1 is 1.18 bits per heavy atom. The lowest BCUT2D eigenvalue weighted by molar-refractivity contribution is 0.311. The quantitative estimate of drug-likeness (QED) is 0.758. The Morgan fingerprint density at radius 2 is 2.06 bits per heavy atom. The van der Waals surface area contributed by atoms with Crippen molar-refractivity contribution < 1.29 is 0 Å². The molecular formula is C16H23N. The van der Waals surface area contributed by atoms with Crippen LogP contribution < -0.4 is 5.32 Å². The molecule has 17 heavy (non-hydrogen) atoms. The molecule has 1 nitrogen and oxygen atoms in total. The zero-order valence-corrected chi connectivity index (χ0v) is 10.6. The van der Waals surface area contributed by atoms with E-state index in [4.69, 9.17) is 0 Å². The fourth-order valence-corrected chi connectivity index (χ4v) is 3.61. The maximum Gasteiger partial charge on any atom is 0.0205 e. The molecule has 2 aliphatic rings. The fourth-order valence-electron chi connectivity index (χ4n) is 3.61. The van der Waals surface area contributed by atoms with Crippen LogP contribution in [-0.4, -0.2) is 6.54 Å². The average molecular weight is 229 g/mol. The summed E-state index contributed by atoms with van der Waals surface area (Å²) in [4.78, 5) is 0. The first-order valence-electron chi connectivity index (χ1n) is 7.14. The Kier molecular flexibility index (Phi) is 3.19. The molecule has 1 heteroatoms. The van der Waals surface area contributed by atoms with Crippen molar-refractivity contribution in [2.75, 3.05) is 6.54 Å². The summed E-state index contributed by atoms with van der Waals surface area (Å²) >= 11 is 0. The minimum Gasteiger partial charge on any atom is -0.313 e. The predicted octanol–water partition coefficient (Wildman–Crippen LogP) is 3.75. The molecule has 2 aliphatic carbocycles. The summed E-state index contributed by atoms with van der Waals surface area (Å²) in [7, 11) is 0. The molecule has 2 fully saturated rings. The van der Waals surface area contributed by atoms with Crippen molar-refractivity contribution in [3.05, 3.63) is 35.9 Å². The number of hydrogen-bond donors (Lipinski definition) is 1. The van der Waals surface area contributed by atoms with E-state index in [0.717, 1.165) is 17.9 Å². The van der Waals surface area contributed by atoms with Crippen molar-refractivity contribution in [1.29, 1.82) is 0 Å². The van der Waals surface area contributed by atoms with Crippen LogP contribution in [0.5, 0.6) is 0 Å². The first-order chi connectivity index (χ1) is 8.39. The van der Waals surface area contributed by atoms with E-state index in [0.29, 0.717) is 0 Å². The van der Waals surface area contributed by atoms with Gasteiger partial charge in [-0.3, -0.25) is 0 Å². The third-order valence-corrected chi connectivity index (χ3v) is 4.81. The number of rotatable bonds is 5. The molecule has 0 aromatic heterocycles. The second-order valence-electron chi connectivity index (χ2n) is 5.92. The number of fused-ring (bicyclic) bond motifs is 1. The molecule has 92 valence electrons. The van der Waals surface area contributed by atoms with Crippen LogP contribution in [0.25, 0.3) is 0 Å². The monoisotopic (exact) mass is 229 g/mol. The van der Waals surface area contributed by atoms with Gasteiger partial charge in [-0.25, -0.2) is 0 Å². The molecule has 3 rings (SSSR count). The Hall–Kier alpha value is -0.820. The molecule has 2 unspecified atom stereocenters. The van der Waals surface area contributed by atoms with Gasteiger partial charge in [-0.2, -0.15) is 0 Å². The Labute approximate surface area is 105 Å². The lowest BCUT2D eigenvalue weighted by Crippen LogP contribution is -2.20. The molecular weight excluding hydrogens is 206 g/mol. The highest BCUT2D eigenvalue weighted by Gasteiger charge is 2.53. The number of benzene rings is 1. The van der Waals surface area contributed by atoms with Gasteiger partial charge >= 0.3 is 0 Å². The van der Waals surface area contributed by atoms with Gasteiger partial charge in [0.2, 0.25) is 0 Å². The second-order valence-corrected chi connectivity index (χ2v) is 5.92. The first-order valence-corrected chi connectivity index (χ1v) is 7.14. The van der Waals surface area contributed by atoms with Crippen LogP contribution in [0.1, 0.15) is 44.1 Å². The fraction of sp³-hybridized carbons (Fsp3) is 0.625. The maximum atomic E-state index is 3.60. The highest BCUT2D eigenvalue weighted by Crippen LogP contribution is 2.63. The molecule has 0 spiro atoms. The smallest absolute Gasteiger partial charge is 0.0205 e. The summed E-state index contributed by atoms with van der Waals surface area (Å²) in [5.74, 6) is 1.09. The third-order valence-electron chi connectivity index (χ3n) is 4.81. The molecule has 2 atom stereocenters. The topological polar surface area (TPSA) is 12.0 Å². The summed E-state index contributed by atoms with van der Waals surface area (Å²) < 4.78 is 0. The third kappa shape index (κ3) is 2.55. The minimum absolute atomic E-state index is 0.780. The van der Waals surface area contributed by atoms with Crippen LogP contribution in [-0.2, 0) is 6.54 Å². The van der Waals surface area contributed by atoms with Crippen LogP contribution in [0, 0.1) is 11.3 Å². The Morgan fingerprint density at radius 3 is 2.88 bits per heavy atom. The molecule has 0 radical (unpaired) electrons. The van der Waals surface area contributed by atoms with E-state index < -0.39 is 0 Å². The normalized spacial score (nSPS) is 30.9. The summed E-state index contributed by atoms with van der Waals surface area (Å²) in [6.07, 6.45) is 8.92. The van der Waals surface area contributed by atoms with E-state index in [2.05, 4.69) is 35.6 Å². The van der Waals surface area contributed by atoms with E-state index in [1.54, 1.807) is 0 Å². The second kappa shape index (κ2) is 4.81. The molecule has 1 aromatic carbocycles. The van der Waals surface area contributed by atoms with Gasteiger partial charge in [0.15, 0.2) is 0 Å². The van der Waals surface area contributed by atoms with Gasteiger partial charge in [0, 0.05) is 6.54 Å². The van der Waals surface area contributed by atoms with E-state index in [9.17, 15) is 0 Å². The molecule has 2 saturated carbocycles. The van der Waals surface area contributed by atoms with Gasteiger partial charge in [-0.15, -0.1) is 0 Å². The molecule has 0 amide bonds. The van der Waals surface area contributed by atoms with Crippen molar-refractivity contribution >= 4 is 0 Å². The molecule has 0 bridgehead atoms. The molecule has 1 N–H and O–H groups in total. The van der Waals surface area contributed by atoms with Gasteiger partial charge in [-0.1, -0.05) is 43.2 Å². The van der Waals surface area contributed by atoms with E-state index in [-0.39, 0.29) is 0 Å². The standard InChI is InChI=1S/C16H23N/c1-2-6-14(7-3-1)13-17-11-10-16-9-5-4-8-15(16)12-16/h1-3,6-7,15,17H,4-5,8-13H2. The van der Waals surface area contributed by atoms with Crippen LogP contribution in [0.2, 0.25) is 0 Å². The summed E-state index contributed by atoms with van der Waals surface area (Å²) in [6.45, 7) is 2.23. The first kappa shape index (κ1) is 11.3. The van der Waals surface area contributed by atoms with Gasteiger partial charge in [0.1, 0.15) is 0 Å². The van der Waals surface area contributed by atoms with Gasteiger partial charge < -0.3 is 5.32 Å². The van der Waals surface area contributed by atoms with E-state index in [1.807, 2.05) is 0 Å². The lowest BCUT2D eigenvalue weighted by atomic mass is 9.86. The van der Waals surface area contributed by atoms with Crippen LogP contribution in [0.4, 0.5) is 0 Å². The maximum absolute atomic E-state index is 3.60. The molecule has 1 aromatic rings. The highest BCUT2D eigenvalue weighted by molar-refractivity contribution is 5.14. The largest absolute Gasteiger partial charge is 0.313 e. The summed E-state index contributed by atoms with van der Waals surface area (Å²) in [6, 6.07) is 10.7. The zero-order chi connectivity index (χ0) is 11.6. The minimum atomic E-state index is 0.780. The average Bonchev–Trinajstić information content (AvgIpc) is 3.11. The summed E-state index contributed by atoms with van der Waals surface area (Å²) in [5.41, 5.74) is 2.18. The summed E-state index contributed by atoms with van der Waals surface area (Å²) in [5, 5.41) is 3.60. The molecule has 0 heterocycles. The lowest BCUT2D eigenvalue weighted by Gasteiger charge is -2.21. The highest BCUT2D eigenvalue weighted by atomic mass is 14.9. The van der Waals surface area contributed by atoms with Crippen LogP contribution in [0.3, 0.4) is 0 Å². The van der Waals surface area contributed by atoms with Crippen LogP contribution >= 0.6 is 0 Å². The van der Waals surface area contributed by atoms with Crippen molar-refractivity contribution in [3.8, 4) is 0 Å². The van der Waals surface area contributed by atoms with Gasteiger partial charge in [0.25, 0.3) is 0 Å².